The summed E-state index contributed by atoms with van der Waals surface area (Å²) in [5, 5.41) is 9.03. The quantitative estimate of drug-likeness (QED) is 0.739. The highest BCUT2D eigenvalue weighted by Gasteiger charge is 2.34. The van der Waals surface area contributed by atoms with Crippen molar-refractivity contribution in [3.8, 4) is 0 Å². The van der Waals surface area contributed by atoms with Crippen LogP contribution in [0.15, 0.2) is 30.3 Å². The van der Waals surface area contributed by atoms with Crippen molar-refractivity contribution in [2.75, 3.05) is 6.61 Å². The van der Waals surface area contributed by atoms with Crippen LogP contribution in [0.3, 0.4) is 0 Å². The topological polar surface area (TPSA) is 72.8 Å². The number of benzene rings is 1. The Hall–Kier alpha value is -1.88. The van der Waals surface area contributed by atoms with Crippen LogP contribution in [0.4, 0.5) is 0 Å². The van der Waals surface area contributed by atoms with E-state index in [0.29, 0.717) is 12.8 Å². The molecule has 0 aliphatic heterocycles. The maximum Gasteiger partial charge on any atom is 0.310 e. The van der Waals surface area contributed by atoms with Crippen molar-refractivity contribution >= 4 is 11.9 Å². The molecular formula is C19H28O5. The molecule has 0 saturated heterocycles. The summed E-state index contributed by atoms with van der Waals surface area (Å²) in [6.45, 7) is 7.15. The number of esters is 2. The molecule has 1 aromatic rings. The van der Waals surface area contributed by atoms with Crippen LogP contribution < -0.4 is 0 Å². The number of carbonyl (C=O) groups is 2. The van der Waals surface area contributed by atoms with Gasteiger partial charge in [-0.1, -0.05) is 37.3 Å². The molecule has 134 valence electrons. The summed E-state index contributed by atoms with van der Waals surface area (Å²) in [4.78, 5) is 24.7. The third-order valence-corrected chi connectivity index (χ3v) is 3.58. The fourth-order valence-electron chi connectivity index (χ4n) is 2.29. The summed E-state index contributed by atoms with van der Waals surface area (Å²) in [7, 11) is 0. The zero-order chi connectivity index (χ0) is 18.2. The van der Waals surface area contributed by atoms with Crippen molar-refractivity contribution in [3.05, 3.63) is 35.9 Å². The summed E-state index contributed by atoms with van der Waals surface area (Å²) in [6.07, 6.45) is 0.813. The lowest BCUT2D eigenvalue weighted by molar-refractivity contribution is -0.168. The van der Waals surface area contributed by atoms with E-state index in [1.165, 1.54) is 0 Å². The highest BCUT2D eigenvalue weighted by atomic mass is 16.6. The number of aliphatic hydroxyl groups is 1. The van der Waals surface area contributed by atoms with E-state index >= 15 is 0 Å². The minimum Gasteiger partial charge on any atom is -0.461 e. The van der Waals surface area contributed by atoms with Crippen LogP contribution in [0, 0.1) is 11.8 Å². The highest BCUT2D eigenvalue weighted by Crippen LogP contribution is 2.24. The van der Waals surface area contributed by atoms with Crippen molar-refractivity contribution in [1.29, 1.82) is 0 Å². The summed E-state index contributed by atoms with van der Waals surface area (Å²) in [5.74, 6) is -2.12. The molecule has 24 heavy (non-hydrogen) atoms. The van der Waals surface area contributed by atoms with Crippen LogP contribution >= 0.6 is 0 Å². The summed E-state index contributed by atoms with van der Waals surface area (Å²) >= 11 is 0. The first kappa shape index (κ1) is 20.2. The fourth-order valence-corrected chi connectivity index (χ4v) is 2.29. The summed E-state index contributed by atoms with van der Waals surface area (Å²) in [6, 6.07) is 9.38. The number of carbonyl (C=O) groups excluding carboxylic acids is 2. The number of aliphatic hydroxyl groups excluding tert-OH is 1. The lowest BCUT2D eigenvalue weighted by Crippen LogP contribution is -2.35. The van der Waals surface area contributed by atoms with E-state index in [1.807, 2.05) is 30.3 Å². The average molecular weight is 336 g/mol. The molecular weight excluding hydrogens is 308 g/mol. The SMILES string of the molecule is C[C@H](C(=O)OCc1ccccc1)[C@H](CCCO)C(=O)OC(C)(C)C. The van der Waals surface area contributed by atoms with Crippen LogP contribution in [0.5, 0.6) is 0 Å². The van der Waals surface area contributed by atoms with Gasteiger partial charge < -0.3 is 14.6 Å². The Kier molecular flexibility index (Phi) is 7.92. The van der Waals surface area contributed by atoms with Crippen LogP contribution in [-0.2, 0) is 25.7 Å². The Labute approximate surface area is 144 Å². The maximum absolute atomic E-state index is 12.4. The lowest BCUT2D eigenvalue weighted by Gasteiger charge is -2.26. The molecule has 2 atom stereocenters. The summed E-state index contributed by atoms with van der Waals surface area (Å²) in [5.41, 5.74) is 0.268. The Balaban J connectivity index is 2.69. The first-order valence-electron chi connectivity index (χ1n) is 8.29. The first-order chi connectivity index (χ1) is 11.2. The second-order valence-corrected chi connectivity index (χ2v) is 6.89. The molecule has 0 fully saturated rings. The van der Waals surface area contributed by atoms with Gasteiger partial charge in [-0.3, -0.25) is 9.59 Å². The van der Waals surface area contributed by atoms with E-state index < -0.39 is 29.4 Å². The van der Waals surface area contributed by atoms with Gasteiger partial charge in [0.15, 0.2) is 0 Å². The zero-order valence-corrected chi connectivity index (χ0v) is 15.0. The molecule has 0 amide bonds. The smallest absolute Gasteiger partial charge is 0.310 e. The van der Waals surface area contributed by atoms with Gasteiger partial charge >= 0.3 is 11.9 Å². The van der Waals surface area contributed by atoms with E-state index in [0.717, 1.165) is 5.56 Å². The van der Waals surface area contributed by atoms with E-state index in [1.54, 1.807) is 27.7 Å². The molecule has 0 unspecified atom stereocenters. The van der Waals surface area contributed by atoms with Gasteiger partial charge in [-0.25, -0.2) is 0 Å². The van der Waals surface area contributed by atoms with Gasteiger partial charge in [-0.05, 0) is 39.2 Å². The molecule has 0 bridgehead atoms. The molecule has 1 aromatic carbocycles. The van der Waals surface area contributed by atoms with Crippen molar-refractivity contribution in [2.24, 2.45) is 11.8 Å². The molecule has 1 rings (SSSR count). The normalized spacial score (nSPS) is 13.9. The number of ether oxygens (including phenoxy) is 2. The highest BCUT2D eigenvalue weighted by molar-refractivity contribution is 5.82. The Morgan fingerprint density at radius 3 is 2.29 bits per heavy atom. The molecule has 1 N–H and O–H groups in total. The van der Waals surface area contributed by atoms with Crippen molar-refractivity contribution in [2.45, 2.75) is 52.7 Å². The molecule has 5 nitrogen and oxygen atoms in total. The van der Waals surface area contributed by atoms with Crippen LogP contribution in [0.1, 0.15) is 46.1 Å². The van der Waals surface area contributed by atoms with E-state index in [4.69, 9.17) is 14.6 Å². The van der Waals surface area contributed by atoms with Crippen molar-refractivity contribution < 1.29 is 24.2 Å². The molecule has 0 spiro atoms. The number of hydrogen-bond donors (Lipinski definition) is 1. The molecule has 0 aliphatic carbocycles. The standard InChI is InChI=1S/C19H28O5/c1-14(17(21)23-13-15-9-6-5-7-10-15)16(11-8-12-20)18(22)24-19(2,3)4/h5-7,9-10,14,16,20H,8,11-13H2,1-4H3/t14-,16-/m0/s1. The molecule has 0 aliphatic rings. The first-order valence-corrected chi connectivity index (χ1v) is 8.29. The van der Waals surface area contributed by atoms with Gasteiger partial charge in [0.05, 0.1) is 11.8 Å². The molecule has 0 heterocycles. The van der Waals surface area contributed by atoms with E-state index in [-0.39, 0.29) is 13.2 Å². The van der Waals surface area contributed by atoms with Gasteiger partial charge in [0, 0.05) is 6.61 Å². The molecule has 0 radical (unpaired) electrons. The van der Waals surface area contributed by atoms with Gasteiger partial charge in [-0.15, -0.1) is 0 Å². The minimum atomic E-state index is -0.630. The predicted molar refractivity (Wildman–Crippen MR) is 91.1 cm³/mol. The van der Waals surface area contributed by atoms with Crippen LogP contribution in [0.2, 0.25) is 0 Å². The largest absolute Gasteiger partial charge is 0.461 e. The Morgan fingerprint density at radius 2 is 1.75 bits per heavy atom. The van der Waals surface area contributed by atoms with E-state index in [2.05, 4.69) is 0 Å². The predicted octanol–water partition coefficient (Wildman–Crippen LogP) is 3.10. The second-order valence-electron chi connectivity index (χ2n) is 6.89. The molecule has 5 heteroatoms. The third kappa shape index (κ3) is 7.13. The summed E-state index contributed by atoms with van der Waals surface area (Å²) < 4.78 is 10.7. The van der Waals surface area contributed by atoms with E-state index in [9.17, 15) is 9.59 Å². The Morgan fingerprint density at radius 1 is 1.12 bits per heavy atom. The second kappa shape index (κ2) is 9.42. The van der Waals surface area contributed by atoms with Gasteiger partial charge in [0.25, 0.3) is 0 Å². The van der Waals surface area contributed by atoms with Gasteiger partial charge in [0.1, 0.15) is 12.2 Å². The fraction of sp³-hybridized carbons (Fsp3) is 0.579. The number of rotatable bonds is 8. The zero-order valence-electron chi connectivity index (χ0n) is 15.0. The monoisotopic (exact) mass is 336 g/mol. The van der Waals surface area contributed by atoms with Gasteiger partial charge in [-0.2, -0.15) is 0 Å². The Bertz CT molecular complexity index is 518. The van der Waals surface area contributed by atoms with Gasteiger partial charge in [0.2, 0.25) is 0 Å². The minimum absolute atomic E-state index is 0.0366. The third-order valence-electron chi connectivity index (χ3n) is 3.58. The van der Waals surface area contributed by atoms with Crippen molar-refractivity contribution in [1.82, 2.24) is 0 Å². The molecule has 0 saturated carbocycles. The van der Waals surface area contributed by atoms with Crippen molar-refractivity contribution in [3.63, 3.8) is 0 Å². The maximum atomic E-state index is 12.4. The molecule has 0 aromatic heterocycles. The van der Waals surface area contributed by atoms with Crippen LogP contribution in [0.25, 0.3) is 0 Å². The average Bonchev–Trinajstić information content (AvgIpc) is 2.52. The lowest BCUT2D eigenvalue weighted by atomic mass is 9.89. The van der Waals surface area contributed by atoms with Crippen LogP contribution in [-0.4, -0.2) is 29.3 Å². The number of hydrogen-bond acceptors (Lipinski definition) is 5.